The van der Waals surface area contributed by atoms with E-state index in [1.54, 1.807) is 18.2 Å². The maximum atomic E-state index is 12.8. The van der Waals surface area contributed by atoms with Crippen LogP contribution in [-0.2, 0) is 6.42 Å². The van der Waals surface area contributed by atoms with Gasteiger partial charge in [-0.1, -0.05) is 12.1 Å². The monoisotopic (exact) mass is 285 g/mol. The van der Waals surface area contributed by atoms with Crippen LogP contribution in [0.1, 0.15) is 5.56 Å². The number of nitrogens with one attached hydrogen (secondary N) is 1. The fourth-order valence-electron chi connectivity index (χ4n) is 2.16. The van der Waals surface area contributed by atoms with Crippen molar-refractivity contribution < 1.29 is 9.13 Å². The van der Waals surface area contributed by atoms with E-state index in [9.17, 15) is 4.39 Å². The Labute approximate surface area is 122 Å². The van der Waals surface area contributed by atoms with Gasteiger partial charge in [-0.05, 0) is 36.2 Å². The first-order chi connectivity index (χ1) is 10.2. The number of aliphatic imine (C=N–C) groups is 1. The van der Waals surface area contributed by atoms with Crippen LogP contribution in [0.15, 0.2) is 47.5 Å². The summed E-state index contributed by atoms with van der Waals surface area (Å²) in [4.78, 5) is 4.48. The second-order valence-electron chi connectivity index (χ2n) is 4.87. The van der Waals surface area contributed by atoms with E-state index in [-0.39, 0.29) is 5.82 Å². The third-order valence-electron chi connectivity index (χ3n) is 3.27. The van der Waals surface area contributed by atoms with Gasteiger partial charge in [-0.3, -0.25) is 4.99 Å². The molecule has 4 nitrogen and oxygen atoms in total. The highest BCUT2D eigenvalue weighted by atomic mass is 19.1. The lowest BCUT2D eigenvalue weighted by molar-refractivity contribution is 0.372. The lowest BCUT2D eigenvalue weighted by Crippen LogP contribution is -2.26. The van der Waals surface area contributed by atoms with Gasteiger partial charge < -0.3 is 15.8 Å². The lowest BCUT2D eigenvalue weighted by Gasteiger charge is -2.21. The molecule has 21 heavy (non-hydrogen) atoms. The highest BCUT2D eigenvalue weighted by Crippen LogP contribution is 2.29. The minimum Gasteiger partial charge on any atom is -0.483 e. The molecule has 0 radical (unpaired) electrons. The van der Waals surface area contributed by atoms with Gasteiger partial charge in [0.25, 0.3) is 0 Å². The topological polar surface area (TPSA) is 59.6 Å². The van der Waals surface area contributed by atoms with Crippen LogP contribution in [0.5, 0.6) is 5.75 Å². The third-order valence-corrected chi connectivity index (χ3v) is 3.27. The van der Waals surface area contributed by atoms with Gasteiger partial charge in [0.1, 0.15) is 24.0 Å². The molecule has 0 atom stereocenters. The molecule has 0 aliphatic carbocycles. The minimum absolute atomic E-state index is 0.219. The van der Waals surface area contributed by atoms with Crippen molar-refractivity contribution >= 4 is 17.2 Å². The zero-order chi connectivity index (χ0) is 14.7. The van der Waals surface area contributed by atoms with E-state index < -0.39 is 0 Å². The summed E-state index contributed by atoms with van der Waals surface area (Å²) in [5.74, 6) is 1.31. The van der Waals surface area contributed by atoms with Gasteiger partial charge in [-0.2, -0.15) is 0 Å². The Balaban J connectivity index is 1.60. The number of hydrogen-bond acceptors (Lipinski definition) is 3. The van der Waals surface area contributed by atoms with Crippen molar-refractivity contribution in [3.63, 3.8) is 0 Å². The van der Waals surface area contributed by atoms with Crippen LogP contribution < -0.4 is 15.8 Å². The molecule has 0 unspecified atom stereocenters. The van der Waals surface area contributed by atoms with Crippen LogP contribution in [0.4, 0.5) is 15.8 Å². The Morgan fingerprint density at radius 2 is 2.00 bits per heavy atom. The Hall–Kier alpha value is -2.56. The van der Waals surface area contributed by atoms with E-state index in [4.69, 9.17) is 10.5 Å². The summed E-state index contributed by atoms with van der Waals surface area (Å²) in [5.41, 5.74) is 8.31. The molecule has 3 rings (SSSR count). The molecule has 0 amide bonds. The van der Waals surface area contributed by atoms with Crippen molar-refractivity contribution in [3.05, 3.63) is 53.8 Å². The van der Waals surface area contributed by atoms with Gasteiger partial charge in [0.15, 0.2) is 0 Å². The molecule has 1 heterocycles. The first kappa shape index (κ1) is 13.4. The largest absolute Gasteiger partial charge is 0.483 e. The number of rotatable bonds is 3. The average molecular weight is 285 g/mol. The molecule has 108 valence electrons. The second-order valence-corrected chi connectivity index (χ2v) is 4.87. The number of amidine groups is 1. The van der Waals surface area contributed by atoms with Gasteiger partial charge in [-0.15, -0.1) is 0 Å². The smallest absolute Gasteiger partial charge is 0.146 e. The molecule has 0 fully saturated rings. The number of benzene rings is 2. The molecule has 1 aliphatic rings. The number of nitrogens with zero attached hydrogens (tertiary/aromatic N) is 1. The Bertz CT molecular complexity index is 668. The van der Waals surface area contributed by atoms with Crippen LogP contribution in [0, 0.1) is 5.82 Å². The second kappa shape index (κ2) is 5.83. The molecule has 5 heteroatoms. The molecule has 0 saturated heterocycles. The molecular formula is C16H16FN3O. The fraction of sp³-hybridized carbons (Fsp3) is 0.188. The third kappa shape index (κ3) is 3.31. The minimum atomic E-state index is -0.219. The number of hydrogen-bond donors (Lipinski definition) is 2. The number of fused-ring (bicyclic) bond motifs is 1. The summed E-state index contributed by atoms with van der Waals surface area (Å²) in [5, 5.41) is 3.23. The Kier molecular flexibility index (Phi) is 3.73. The fourth-order valence-corrected chi connectivity index (χ4v) is 2.16. The summed E-state index contributed by atoms with van der Waals surface area (Å²) in [6.45, 7) is 1.03. The maximum absolute atomic E-state index is 12.8. The van der Waals surface area contributed by atoms with Crippen LogP contribution >= 0.6 is 0 Å². The van der Waals surface area contributed by atoms with E-state index in [0.29, 0.717) is 18.8 Å². The van der Waals surface area contributed by atoms with Crippen molar-refractivity contribution in [1.29, 1.82) is 0 Å². The molecule has 0 bridgehead atoms. The molecule has 2 aromatic rings. The number of halogens is 1. The van der Waals surface area contributed by atoms with Crippen LogP contribution in [0.25, 0.3) is 0 Å². The summed E-state index contributed by atoms with van der Waals surface area (Å²) in [6, 6.07) is 12.0. The first-order valence-corrected chi connectivity index (χ1v) is 6.78. The predicted octanol–water partition coefficient (Wildman–Crippen LogP) is 2.85. The highest BCUT2D eigenvalue weighted by Gasteiger charge is 2.14. The van der Waals surface area contributed by atoms with E-state index in [0.717, 1.165) is 29.3 Å². The molecule has 0 spiro atoms. The SMILES string of the molecule is Nc1ccc2c(c1)OCC(=NCCc1ccc(F)cc1)N2. The zero-order valence-electron chi connectivity index (χ0n) is 11.5. The predicted molar refractivity (Wildman–Crippen MR) is 82.4 cm³/mol. The quantitative estimate of drug-likeness (QED) is 0.852. The van der Waals surface area contributed by atoms with Crippen molar-refractivity contribution in [2.75, 3.05) is 24.2 Å². The molecule has 1 aliphatic heterocycles. The van der Waals surface area contributed by atoms with Gasteiger partial charge in [0.05, 0.1) is 5.69 Å². The van der Waals surface area contributed by atoms with Crippen molar-refractivity contribution in [2.45, 2.75) is 6.42 Å². The summed E-state index contributed by atoms with van der Waals surface area (Å²) in [6.07, 6.45) is 0.764. The average Bonchev–Trinajstić information content (AvgIpc) is 2.49. The van der Waals surface area contributed by atoms with Crippen LogP contribution in [0.3, 0.4) is 0 Å². The van der Waals surface area contributed by atoms with Crippen LogP contribution in [0.2, 0.25) is 0 Å². The number of anilines is 2. The zero-order valence-corrected chi connectivity index (χ0v) is 11.5. The summed E-state index contributed by atoms with van der Waals surface area (Å²) < 4.78 is 18.4. The molecule has 2 aromatic carbocycles. The summed E-state index contributed by atoms with van der Waals surface area (Å²) in [7, 11) is 0. The van der Waals surface area contributed by atoms with Gasteiger partial charge in [-0.25, -0.2) is 4.39 Å². The van der Waals surface area contributed by atoms with Crippen molar-refractivity contribution in [1.82, 2.24) is 0 Å². The number of nitrogen functional groups attached to an aromatic ring is 1. The van der Waals surface area contributed by atoms with Crippen LogP contribution in [-0.4, -0.2) is 19.0 Å². The van der Waals surface area contributed by atoms with E-state index >= 15 is 0 Å². The van der Waals surface area contributed by atoms with E-state index in [1.807, 2.05) is 12.1 Å². The van der Waals surface area contributed by atoms with Gasteiger partial charge in [0, 0.05) is 18.3 Å². The van der Waals surface area contributed by atoms with Crippen molar-refractivity contribution in [3.8, 4) is 5.75 Å². The summed E-state index contributed by atoms with van der Waals surface area (Å²) >= 11 is 0. The normalized spacial score (nSPS) is 15.2. The number of ether oxygens (including phenoxy) is 1. The van der Waals surface area contributed by atoms with Gasteiger partial charge >= 0.3 is 0 Å². The van der Waals surface area contributed by atoms with E-state index in [1.165, 1.54) is 12.1 Å². The van der Waals surface area contributed by atoms with Crippen molar-refractivity contribution in [2.24, 2.45) is 4.99 Å². The standard InChI is InChI=1S/C16H16FN3O/c17-12-3-1-11(2-4-12)7-8-19-16-10-21-15-9-13(18)5-6-14(15)20-16/h1-6,9H,7-8,10,18H2,(H,19,20). The molecule has 0 aromatic heterocycles. The highest BCUT2D eigenvalue weighted by molar-refractivity contribution is 5.99. The molecular weight excluding hydrogens is 269 g/mol. The Morgan fingerprint density at radius 3 is 2.81 bits per heavy atom. The molecule has 0 saturated carbocycles. The Morgan fingerprint density at radius 1 is 1.19 bits per heavy atom. The molecule has 3 N–H and O–H groups in total. The van der Waals surface area contributed by atoms with E-state index in [2.05, 4.69) is 10.3 Å². The van der Waals surface area contributed by atoms with Gasteiger partial charge in [0.2, 0.25) is 0 Å². The first-order valence-electron chi connectivity index (χ1n) is 6.78. The number of nitrogens with two attached hydrogens (primary N) is 1. The lowest BCUT2D eigenvalue weighted by atomic mass is 10.1. The maximum Gasteiger partial charge on any atom is 0.146 e.